The number of unbranched alkanes of at least 4 members (excludes halogenated alkanes) is 20. The first-order valence-corrected chi connectivity index (χ1v) is 21.0. The van der Waals surface area contributed by atoms with Gasteiger partial charge in [0.1, 0.15) is 0 Å². The molecule has 0 spiro atoms. The molecule has 5 nitrogen and oxygen atoms in total. The summed E-state index contributed by atoms with van der Waals surface area (Å²) in [7, 11) is 0. The van der Waals surface area contributed by atoms with Crippen LogP contribution in [0.5, 0.6) is 0 Å². The van der Waals surface area contributed by atoms with Crippen LogP contribution >= 0.6 is 6.83 Å². The molecule has 0 aliphatic carbocycles. The number of nitrogens with one attached hydrogen (secondary N) is 1. The maximum absolute atomic E-state index is 13.6. The standard InChI is InChI=1S/C35H70N3O2P/c1-5-9-13-17-18-19-20-21-22-23-24-28-32-41(29-25-14-10-6-2,30-26-15-11-7-3,31-27-16-12-8-4)40-35(39)34-33-36-38-37-34/h33H,5-32H2,1-4H3,(H,36,37,38). The van der Waals surface area contributed by atoms with E-state index in [2.05, 4.69) is 43.1 Å². The average Bonchev–Trinajstić information content (AvgIpc) is 3.53. The van der Waals surface area contributed by atoms with Crippen LogP contribution in [0.25, 0.3) is 0 Å². The number of carbonyl (C=O) groups is 1. The molecular formula is C35H70N3O2P. The molecule has 0 amide bonds. The number of carbonyl (C=O) groups excluding carboxylic acids is 1. The van der Waals surface area contributed by atoms with Gasteiger partial charge in [0.2, 0.25) is 0 Å². The molecule has 0 aliphatic rings. The van der Waals surface area contributed by atoms with Crippen molar-refractivity contribution in [1.82, 2.24) is 15.4 Å². The Balaban J connectivity index is 2.95. The Kier molecular flexibility index (Phi) is 22.7. The van der Waals surface area contributed by atoms with Crippen molar-refractivity contribution in [3.05, 3.63) is 11.9 Å². The summed E-state index contributed by atoms with van der Waals surface area (Å²) in [6.45, 7) is 6.39. The van der Waals surface area contributed by atoms with E-state index in [4.69, 9.17) is 4.52 Å². The van der Waals surface area contributed by atoms with Gasteiger partial charge in [0.05, 0.1) is 0 Å². The SMILES string of the molecule is CCCCCCCCCCCCCCP(CCCCCC)(CCCCCC)(CCCCCC)OC(=O)c1cn[nH]n1. The van der Waals surface area contributed by atoms with Gasteiger partial charge in [-0.3, -0.25) is 0 Å². The van der Waals surface area contributed by atoms with Crippen LogP contribution in [0.3, 0.4) is 0 Å². The molecule has 0 radical (unpaired) electrons. The summed E-state index contributed by atoms with van der Waals surface area (Å²) in [5, 5.41) is 10.7. The van der Waals surface area contributed by atoms with Crippen LogP contribution in [-0.4, -0.2) is 46.0 Å². The van der Waals surface area contributed by atoms with Crippen LogP contribution in [0, 0.1) is 0 Å². The van der Waals surface area contributed by atoms with Gasteiger partial charge in [-0.2, -0.15) is 0 Å². The second-order valence-corrected chi connectivity index (χ2v) is 18.7. The summed E-state index contributed by atoms with van der Waals surface area (Å²) in [6, 6.07) is 0. The van der Waals surface area contributed by atoms with E-state index in [0.717, 1.165) is 24.6 Å². The van der Waals surface area contributed by atoms with Crippen LogP contribution in [0.2, 0.25) is 0 Å². The van der Waals surface area contributed by atoms with Gasteiger partial charge in [0.25, 0.3) is 0 Å². The number of hydrogen-bond donors (Lipinski definition) is 1. The number of rotatable bonds is 30. The minimum atomic E-state index is -2.75. The van der Waals surface area contributed by atoms with E-state index in [1.807, 2.05) is 0 Å². The van der Waals surface area contributed by atoms with Gasteiger partial charge in [-0.25, -0.2) is 0 Å². The van der Waals surface area contributed by atoms with Gasteiger partial charge in [-0.05, 0) is 0 Å². The summed E-state index contributed by atoms with van der Waals surface area (Å²) in [6.07, 6.45) is 37.2. The molecule has 0 fully saturated rings. The van der Waals surface area contributed by atoms with Crippen molar-refractivity contribution < 1.29 is 9.32 Å². The number of aromatic nitrogens is 3. The van der Waals surface area contributed by atoms with Crippen molar-refractivity contribution in [2.75, 3.05) is 24.6 Å². The Morgan fingerprint density at radius 2 is 0.878 bits per heavy atom. The third-order valence-electron chi connectivity index (χ3n) is 9.27. The van der Waals surface area contributed by atoms with Crippen LogP contribution in [0.4, 0.5) is 0 Å². The number of aromatic amines is 1. The molecule has 1 rings (SSSR count). The topological polar surface area (TPSA) is 67.9 Å². The van der Waals surface area contributed by atoms with Crippen LogP contribution < -0.4 is 0 Å². The molecule has 0 unspecified atom stereocenters. The van der Waals surface area contributed by atoms with Crippen molar-refractivity contribution in [1.29, 1.82) is 0 Å². The van der Waals surface area contributed by atoms with E-state index in [-0.39, 0.29) is 5.97 Å². The third kappa shape index (κ3) is 17.1. The summed E-state index contributed by atoms with van der Waals surface area (Å²) in [5.74, 6) is -0.225. The Bertz CT molecular complexity index is 691. The number of H-pyrrole nitrogens is 1. The molecule has 41 heavy (non-hydrogen) atoms. The Labute approximate surface area is 255 Å². The third-order valence-corrected chi connectivity index (χ3v) is 15.7. The van der Waals surface area contributed by atoms with E-state index in [0.29, 0.717) is 5.69 Å². The maximum atomic E-state index is 13.6. The van der Waals surface area contributed by atoms with E-state index in [1.165, 1.54) is 154 Å². The molecule has 1 N–H and O–H groups in total. The Hall–Kier alpha value is -0.960. The molecule has 0 aliphatic heterocycles. The second-order valence-electron chi connectivity index (χ2n) is 13.1. The summed E-state index contributed by atoms with van der Waals surface area (Å²) in [4.78, 5) is 13.6. The fourth-order valence-corrected chi connectivity index (χ4v) is 13.0. The molecule has 1 aromatic rings. The summed E-state index contributed by atoms with van der Waals surface area (Å²) >= 11 is 0. The predicted octanol–water partition coefficient (Wildman–Crippen LogP) is 11.9. The van der Waals surface area contributed by atoms with E-state index in [9.17, 15) is 4.79 Å². The van der Waals surface area contributed by atoms with E-state index >= 15 is 0 Å². The predicted molar refractivity (Wildman–Crippen MR) is 182 cm³/mol. The summed E-state index contributed by atoms with van der Waals surface area (Å²) < 4.78 is 6.98. The Morgan fingerprint density at radius 1 is 0.561 bits per heavy atom. The zero-order valence-corrected chi connectivity index (χ0v) is 28.9. The molecule has 0 bridgehead atoms. The zero-order chi connectivity index (χ0) is 29.9. The zero-order valence-electron chi connectivity index (χ0n) is 28.0. The number of hydrogen-bond acceptors (Lipinski definition) is 4. The van der Waals surface area contributed by atoms with Gasteiger partial charge < -0.3 is 0 Å². The van der Waals surface area contributed by atoms with Crippen molar-refractivity contribution in [3.63, 3.8) is 0 Å². The number of nitrogens with zero attached hydrogens (tertiary/aromatic N) is 2. The molecule has 0 saturated heterocycles. The molecule has 242 valence electrons. The quantitative estimate of drug-likeness (QED) is 0.0709. The van der Waals surface area contributed by atoms with Crippen molar-refractivity contribution in [3.8, 4) is 0 Å². The first-order valence-electron chi connectivity index (χ1n) is 18.2. The molecule has 6 heteroatoms. The van der Waals surface area contributed by atoms with Crippen LogP contribution in [-0.2, 0) is 4.52 Å². The average molecular weight is 596 g/mol. The minimum absolute atomic E-state index is 0.225. The van der Waals surface area contributed by atoms with Crippen molar-refractivity contribution in [2.45, 2.75) is 182 Å². The van der Waals surface area contributed by atoms with E-state index in [1.54, 1.807) is 6.20 Å². The van der Waals surface area contributed by atoms with Gasteiger partial charge in [-0.15, -0.1) is 0 Å². The molecule has 1 aromatic heterocycles. The molecule has 1 heterocycles. The van der Waals surface area contributed by atoms with Gasteiger partial charge in [0, 0.05) is 0 Å². The van der Waals surface area contributed by atoms with Gasteiger partial charge >= 0.3 is 243 Å². The fraction of sp³-hybridized carbons (Fsp3) is 0.914. The molecule has 0 atom stereocenters. The van der Waals surface area contributed by atoms with Gasteiger partial charge in [-0.1, -0.05) is 13.3 Å². The van der Waals surface area contributed by atoms with Crippen LogP contribution in [0.15, 0.2) is 6.20 Å². The van der Waals surface area contributed by atoms with Crippen molar-refractivity contribution >= 4 is 12.8 Å². The normalized spacial score (nSPS) is 12.8. The van der Waals surface area contributed by atoms with Crippen molar-refractivity contribution in [2.24, 2.45) is 0 Å². The second kappa shape index (κ2) is 24.5. The summed E-state index contributed by atoms with van der Waals surface area (Å²) in [5.41, 5.74) is 0.351. The van der Waals surface area contributed by atoms with E-state index < -0.39 is 6.83 Å². The first-order chi connectivity index (χ1) is 20.0. The molecule has 0 saturated carbocycles. The monoisotopic (exact) mass is 596 g/mol. The fourth-order valence-electron chi connectivity index (χ4n) is 6.60. The van der Waals surface area contributed by atoms with Gasteiger partial charge in [0.15, 0.2) is 0 Å². The molecular weight excluding hydrogens is 525 g/mol. The van der Waals surface area contributed by atoms with Crippen LogP contribution in [0.1, 0.15) is 192 Å². The first kappa shape index (κ1) is 38.1. The molecule has 0 aromatic carbocycles. The Morgan fingerprint density at radius 3 is 1.20 bits per heavy atom.